The van der Waals surface area contributed by atoms with E-state index in [9.17, 15) is 19.1 Å². The number of amides is 1. The predicted octanol–water partition coefficient (Wildman–Crippen LogP) is 2.99. The van der Waals surface area contributed by atoms with E-state index >= 15 is 0 Å². The molecule has 2 aliphatic rings. The van der Waals surface area contributed by atoms with Crippen LogP contribution in [0.15, 0.2) is 48.0 Å². The number of Topliss-reactive ketones (excluding diaryl/α,β-unsaturated/α-hetero) is 1. The van der Waals surface area contributed by atoms with Crippen molar-refractivity contribution in [3.63, 3.8) is 0 Å². The standard InChI is InChI=1S/C26H29FN2O6/c1-33-20-9-8-17(16-21(20)34-2)24(30)22-23(18-6-3-4-7-19(18)27)29(26(32)25(22)31)11-5-10-28-12-14-35-15-13-28/h3-4,6-9,16,23,30H,5,10-15H2,1-2H3/t23-/m1/s1. The van der Waals surface area contributed by atoms with Crippen molar-refractivity contribution < 1.29 is 33.3 Å². The maximum absolute atomic E-state index is 14.9. The Morgan fingerprint density at radius 1 is 1.06 bits per heavy atom. The van der Waals surface area contributed by atoms with Crippen LogP contribution in [0.25, 0.3) is 5.76 Å². The highest BCUT2D eigenvalue weighted by Crippen LogP contribution is 2.41. The Bertz CT molecular complexity index is 1130. The Morgan fingerprint density at radius 2 is 1.77 bits per heavy atom. The van der Waals surface area contributed by atoms with Gasteiger partial charge in [0.25, 0.3) is 11.7 Å². The van der Waals surface area contributed by atoms with Gasteiger partial charge in [-0.25, -0.2) is 4.39 Å². The minimum atomic E-state index is -1.05. The van der Waals surface area contributed by atoms with Gasteiger partial charge < -0.3 is 24.2 Å². The van der Waals surface area contributed by atoms with Gasteiger partial charge in [0.1, 0.15) is 11.6 Å². The first-order valence-electron chi connectivity index (χ1n) is 11.5. The van der Waals surface area contributed by atoms with Gasteiger partial charge in [0.2, 0.25) is 0 Å². The van der Waals surface area contributed by atoms with Crippen molar-refractivity contribution in [2.45, 2.75) is 12.5 Å². The molecule has 9 heteroatoms. The van der Waals surface area contributed by atoms with Gasteiger partial charge in [-0.2, -0.15) is 0 Å². The number of ketones is 1. The summed E-state index contributed by atoms with van der Waals surface area (Å²) in [5, 5.41) is 11.2. The lowest BCUT2D eigenvalue weighted by Crippen LogP contribution is -2.39. The first-order valence-corrected chi connectivity index (χ1v) is 11.5. The maximum Gasteiger partial charge on any atom is 0.295 e. The van der Waals surface area contributed by atoms with E-state index in [1.54, 1.807) is 18.2 Å². The van der Waals surface area contributed by atoms with Crippen molar-refractivity contribution in [3.8, 4) is 11.5 Å². The molecule has 0 spiro atoms. The Balaban J connectivity index is 1.71. The van der Waals surface area contributed by atoms with Crippen LogP contribution in [0.3, 0.4) is 0 Å². The highest BCUT2D eigenvalue weighted by Gasteiger charge is 2.46. The summed E-state index contributed by atoms with van der Waals surface area (Å²) in [6, 6.07) is 9.60. The van der Waals surface area contributed by atoms with Crippen LogP contribution in [0.2, 0.25) is 0 Å². The van der Waals surface area contributed by atoms with Crippen LogP contribution in [0, 0.1) is 5.82 Å². The number of ether oxygens (including phenoxy) is 3. The van der Waals surface area contributed by atoms with E-state index in [1.165, 1.54) is 43.4 Å². The second kappa shape index (κ2) is 10.9. The highest BCUT2D eigenvalue weighted by atomic mass is 19.1. The summed E-state index contributed by atoms with van der Waals surface area (Å²) in [5.41, 5.74) is 0.258. The molecule has 1 amide bonds. The summed E-state index contributed by atoms with van der Waals surface area (Å²) in [7, 11) is 2.94. The number of carbonyl (C=O) groups is 2. The normalized spacial score (nSPS) is 20.3. The molecule has 0 aliphatic carbocycles. The zero-order valence-corrected chi connectivity index (χ0v) is 19.8. The number of hydrogen-bond acceptors (Lipinski definition) is 7. The molecule has 1 N–H and O–H groups in total. The van der Waals surface area contributed by atoms with Crippen molar-refractivity contribution in [1.29, 1.82) is 0 Å². The first kappa shape index (κ1) is 24.7. The van der Waals surface area contributed by atoms with Gasteiger partial charge in [0.05, 0.1) is 39.0 Å². The van der Waals surface area contributed by atoms with Crippen LogP contribution in [0.4, 0.5) is 4.39 Å². The molecule has 2 aromatic rings. The second-order valence-electron chi connectivity index (χ2n) is 8.39. The zero-order valence-electron chi connectivity index (χ0n) is 19.8. The average Bonchev–Trinajstić information content (AvgIpc) is 3.13. The smallest absolute Gasteiger partial charge is 0.295 e. The van der Waals surface area contributed by atoms with Crippen LogP contribution in [0.5, 0.6) is 11.5 Å². The number of rotatable bonds is 8. The van der Waals surface area contributed by atoms with E-state index in [0.29, 0.717) is 37.7 Å². The van der Waals surface area contributed by atoms with Crippen molar-refractivity contribution in [2.24, 2.45) is 0 Å². The summed E-state index contributed by atoms with van der Waals surface area (Å²) in [5.74, 6) is -1.78. The van der Waals surface area contributed by atoms with Gasteiger partial charge in [0.15, 0.2) is 11.5 Å². The molecule has 0 saturated carbocycles. The molecule has 35 heavy (non-hydrogen) atoms. The van der Waals surface area contributed by atoms with Gasteiger partial charge in [-0.3, -0.25) is 14.5 Å². The van der Waals surface area contributed by atoms with Crippen LogP contribution < -0.4 is 9.47 Å². The van der Waals surface area contributed by atoms with Gasteiger partial charge in [-0.15, -0.1) is 0 Å². The third-order valence-electron chi connectivity index (χ3n) is 6.37. The number of aliphatic hydroxyl groups is 1. The maximum atomic E-state index is 14.9. The molecular weight excluding hydrogens is 455 g/mol. The number of nitrogens with zero attached hydrogens (tertiary/aromatic N) is 2. The van der Waals surface area contributed by atoms with E-state index < -0.39 is 29.3 Å². The third-order valence-corrected chi connectivity index (χ3v) is 6.37. The SMILES string of the molecule is COc1ccc(C(O)=C2C(=O)C(=O)N(CCCN3CCOCC3)[C@@H]2c2ccccc2F)cc1OC. The summed E-state index contributed by atoms with van der Waals surface area (Å²) >= 11 is 0. The van der Waals surface area contributed by atoms with Gasteiger partial charge in [0, 0.05) is 37.3 Å². The molecule has 8 nitrogen and oxygen atoms in total. The Kier molecular flexibility index (Phi) is 7.67. The molecule has 0 aromatic heterocycles. The predicted molar refractivity (Wildman–Crippen MR) is 127 cm³/mol. The summed E-state index contributed by atoms with van der Waals surface area (Å²) < 4.78 is 30.8. The van der Waals surface area contributed by atoms with Crippen LogP contribution in [-0.2, 0) is 14.3 Å². The van der Waals surface area contributed by atoms with E-state index in [4.69, 9.17) is 14.2 Å². The summed E-state index contributed by atoms with van der Waals surface area (Å²) in [4.78, 5) is 29.8. The summed E-state index contributed by atoms with van der Waals surface area (Å²) in [6.45, 7) is 3.87. The molecule has 0 bridgehead atoms. The van der Waals surface area contributed by atoms with E-state index in [0.717, 1.165) is 13.1 Å². The number of hydrogen-bond donors (Lipinski definition) is 1. The molecule has 2 aromatic carbocycles. The van der Waals surface area contributed by atoms with E-state index in [1.807, 2.05) is 0 Å². The molecule has 0 unspecified atom stereocenters. The number of likely N-dealkylation sites (tertiary alicyclic amines) is 1. The fourth-order valence-electron chi connectivity index (χ4n) is 4.56. The third kappa shape index (κ3) is 5.01. The molecule has 1 atom stereocenters. The molecule has 2 saturated heterocycles. The molecule has 186 valence electrons. The Labute approximate surface area is 203 Å². The van der Waals surface area contributed by atoms with Gasteiger partial charge in [-0.05, 0) is 30.7 Å². The highest BCUT2D eigenvalue weighted by molar-refractivity contribution is 6.46. The quantitative estimate of drug-likeness (QED) is 0.350. The topological polar surface area (TPSA) is 88.5 Å². The van der Waals surface area contributed by atoms with Crippen LogP contribution in [0.1, 0.15) is 23.6 Å². The minimum absolute atomic E-state index is 0.153. The van der Waals surface area contributed by atoms with Crippen molar-refractivity contribution >= 4 is 17.4 Å². The number of carbonyl (C=O) groups excluding carboxylic acids is 2. The zero-order chi connectivity index (χ0) is 24.9. The average molecular weight is 485 g/mol. The number of benzene rings is 2. The van der Waals surface area contributed by atoms with E-state index in [-0.39, 0.29) is 23.2 Å². The lowest BCUT2D eigenvalue weighted by Gasteiger charge is -2.29. The molecule has 2 aliphatic heterocycles. The van der Waals surface area contributed by atoms with Gasteiger partial charge in [-0.1, -0.05) is 18.2 Å². The van der Waals surface area contributed by atoms with E-state index in [2.05, 4.69) is 4.90 Å². The van der Waals surface area contributed by atoms with Crippen LogP contribution >= 0.6 is 0 Å². The Hall–Kier alpha value is -3.43. The van der Waals surface area contributed by atoms with Crippen molar-refractivity contribution in [1.82, 2.24) is 9.80 Å². The number of aliphatic hydroxyl groups excluding tert-OH is 1. The lowest BCUT2D eigenvalue weighted by molar-refractivity contribution is -0.140. The van der Waals surface area contributed by atoms with Crippen molar-refractivity contribution in [2.75, 3.05) is 53.6 Å². The minimum Gasteiger partial charge on any atom is -0.507 e. The largest absolute Gasteiger partial charge is 0.507 e. The number of methoxy groups -OCH3 is 2. The van der Waals surface area contributed by atoms with Crippen molar-refractivity contribution in [3.05, 3.63) is 65.0 Å². The first-order chi connectivity index (χ1) is 17.0. The molecule has 2 heterocycles. The fraction of sp³-hybridized carbons (Fsp3) is 0.385. The lowest BCUT2D eigenvalue weighted by atomic mass is 9.94. The van der Waals surface area contributed by atoms with Crippen LogP contribution in [-0.4, -0.2) is 80.2 Å². The number of morpholine rings is 1. The monoisotopic (exact) mass is 484 g/mol. The molecule has 4 rings (SSSR count). The molecule has 0 radical (unpaired) electrons. The van der Waals surface area contributed by atoms with Gasteiger partial charge >= 0.3 is 0 Å². The Morgan fingerprint density at radius 3 is 2.46 bits per heavy atom. The molecule has 2 fully saturated rings. The second-order valence-corrected chi connectivity index (χ2v) is 8.39. The molecular formula is C26H29FN2O6. The summed E-state index contributed by atoms with van der Waals surface area (Å²) in [6.07, 6.45) is 0.592. The number of halogens is 1. The fourth-order valence-corrected chi connectivity index (χ4v) is 4.56.